The van der Waals surface area contributed by atoms with Crippen LogP contribution in [0.25, 0.3) is 11.6 Å². The number of aryl methyl sites for hydroxylation is 1. The molecule has 1 aliphatic heterocycles. The molecule has 34 heavy (non-hydrogen) atoms. The van der Waals surface area contributed by atoms with E-state index in [1.807, 2.05) is 19.1 Å². The van der Waals surface area contributed by atoms with Crippen molar-refractivity contribution >= 4 is 29.2 Å². The monoisotopic (exact) mass is 465 g/mol. The lowest BCUT2D eigenvalue weighted by Gasteiger charge is -2.29. The number of hydrogen-bond acceptors (Lipinski definition) is 5. The van der Waals surface area contributed by atoms with Gasteiger partial charge in [-0.05, 0) is 54.0 Å². The van der Waals surface area contributed by atoms with Gasteiger partial charge in [-0.2, -0.15) is 8.78 Å². The highest BCUT2D eigenvalue weighted by Gasteiger charge is 2.36. The van der Waals surface area contributed by atoms with E-state index >= 15 is 0 Å². The molecule has 0 spiro atoms. The number of rotatable bonds is 6. The first-order valence-corrected chi connectivity index (χ1v) is 10.3. The van der Waals surface area contributed by atoms with Crippen molar-refractivity contribution < 1.29 is 32.6 Å². The number of fused-ring (bicyclic) bond motifs is 1. The van der Waals surface area contributed by atoms with Gasteiger partial charge in [-0.3, -0.25) is 9.59 Å². The van der Waals surface area contributed by atoms with Crippen LogP contribution < -0.4 is 19.1 Å². The van der Waals surface area contributed by atoms with E-state index < -0.39 is 18.4 Å². The molecular weight excluding hydrogens is 444 g/mol. The molecule has 0 aromatic heterocycles. The highest BCUT2D eigenvalue weighted by Crippen LogP contribution is 2.41. The molecule has 0 radical (unpaired) electrons. The molecule has 8 heteroatoms. The second-order valence-electron chi connectivity index (χ2n) is 7.47. The maximum absolute atomic E-state index is 13.6. The Kier molecular flexibility index (Phi) is 6.32. The third kappa shape index (κ3) is 4.10. The lowest BCUT2D eigenvalue weighted by Crippen LogP contribution is -2.42. The molecule has 0 saturated heterocycles. The number of ether oxygens (including phenoxy) is 3. The van der Waals surface area contributed by atoms with Crippen LogP contribution >= 0.6 is 0 Å². The lowest BCUT2D eigenvalue weighted by molar-refractivity contribution is -0.112. The molecule has 6 nitrogen and oxygen atoms in total. The Balaban J connectivity index is 1.90. The molecule has 0 N–H and O–H groups in total. The smallest absolute Gasteiger partial charge is 0.387 e. The number of carbonyl (C=O) groups is 2. The molecule has 0 fully saturated rings. The van der Waals surface area contributed by atoms with Crippen molar-refractivity contribution in [3.05, 3.63) is 82.9 Å². The predicted molar refractivity (Wildman–Crippen MR) is 123 cm³/mol. The van der Waals surface area contributed by atoms with E-state index in [-0.39, 0.29) is 22.8 Å². The van der Waals surface area contributed by atoms with E-state index in [9.17, 15) is 18.4 Å². The molecule has 0 atom stereocenters. The van der Waals surface area contributed by atoms with E-state index in [0.29, 0.717) is 22.4 Å². The zero-order valence-corrected chi connectivity index (χ0v) is 18.7. The Morgan fingerprint density at radius 3 is 2.03 bits per heavy atom. The molecule has 0 aliphatic carbocycles. The van der Waals surface area contributed by atoms with Gasteiger partial charge in [-0.1, -0.05) is 36.4 Å². The predicted octanol–water partition coefficient (Wildman–Crippen LogP) is 5.34. The Morgan fingerprint density at radius 1 is 0.853 bits per heavy atom. The van der Waals surface area contributed by atoms with Crippen molar-refractivity contribution in [1.29, 1.82) is 0 Å². The zero-order chi connectivity index (χ0) is 24.4. The molecule has 0 bridgehead atoms. The maximum Gasteiger partial charge on any atom is 0.387 e. The third-order valence-electron chi connectivity index (χ3n) is 5.44. The van der Waals surface area contributed by atoms with Gasteiger partial charge in [-0.15, -0.1) is 0 Å². The average Bonchev–Trinajstić information content (AvgIpc) is 2.83. The summed E-state index contributed by atoms with van der Waals surface area (Å²) in [7, 11) is 2.62. The van der Waals surface area contributed by atoms with Crippen molar-refractivity contribution in [2.24, 2.45) is 0 Å². The van der Waals surface area contributed by atoms with Gasteiger partial charge in [-0.25, -0.2) is 4.90 Å². The number of alkyl halides is 2. The molecular formula is C26H21F2NO5. The number of nitrogens with zero attached hydrogens (tertiary/aromatic N) is 1. The Bertz CT molecular complexity index is 1280. The number of para-hydroxylation sites is 1. The van der Waals surface area contributed by atoms with Crippen LogP contribution in [0.1, 0.15) is 27.0 Å². The molecule has 0 saturated carbocycles. The molecule has 174 valence electrons. The number of anilines is 1. The molecule has 4 rings (SSSR count). The topological polar surface area (TPSA) is 65.1 Å². The average molecular weight is 465 g/mol. The number of imide groups is 1. The Morgan fingerprint density at radius 2 is 1.44 bits per heavy atom. The van der Waals surface area contributed by atoms with Crippen molar-refractivity contribution in [3.8, 4) is 17.2 Å². The zero-order valence-electron chi connectivity index (χ0n) is 18.7. The van der Waals surface area contributed by atoms with Crippen LogP contribution in [0.2, 0.25) is 0 Å². The van der Waals surface area contributed by atoms with Gasteiger partial charge < -0.3 is 14.2 Å². The Hall–Kier alpha value is -4.20. The number of hydrogen-bond donors (Lipinski definition) is 0. The number of amides is 2. The minimum absolute atomic E-state index is 0.00915. The molecule has 2 amide bonds. The van der Waals surface area contributed by atoms with E-state index in [1.165, 1.54) is 26.4 Å². The van der Waals surface area contributed by atoms with Gasteiger partial charge in [0.2, 0.25) is 5.75 Å². The molecule has 3 aromatic rings. The summed E-state index contributed by atoms with van der Waals surface area (Å²) in [5, 5.41) is 0. The van der Waals surface area contributed by atoms with Crippen LogP contribution in [0.15, 0.2) is 60.7 Å². The fourth-order valence-electron chi connectivity index (χ4n) is 3.88. The van der Waals surface area contributed by atoms with E-state index in [1.54, 1.807) is 42.5 Å². The summed E-state index contributed by atoms with van der Waals surface area (Å²) in [5.74, 6) is -1.18. The first-order valence-electron chi connectivity index (χ1n) is 10.3. The molecule has 0 unspecified atom stereocenters. The summed E-state index contributed by atoms with van der Waals surface area (Å²) >= 11 is 0. The molecule has 1 aliphatic rings. The van der Waals surface area contributed by atoms with Crippen molar-refractivity contribution in [1.82, 2.24) is 0 Å². The largest absolute Gasteiger partial charge is 0.493 e. The van der Waals surface area contributed by atoms with E-state index in [2.05, 4.69) is 4.74 Å². The standard InChI is InChI=1S/C26H21F2NO5/c1-15-8-4-7-11-20(15)29-24(30)18-10-6-5-9-17(18)19(25(29)31)12-16-13-21(32-2)23(34-26(27)28)22(14-16)33-3/h4-14,26H,1-3H3/b19-12-. The van der Waals surface area contributed by atoms with Crippen molar-refractivity contribution in [2.75, 3.05) is 19.1 Å². The van der Waals surface area contributed by atoms with Gasteiger partial charge in [0.1, 0.15) is 0 Å². The van der Waals surface area contributed by atoms with Crippen LogP contribution in [0, 0.1) is 6.92 Å². The second-order valence-corrected chi connectivity index (χ2v) is 7.47. The first-order chi connectivity index (χ1) is 16.3. The minimum Gasteiger partial charge on any atom is -0.493 e. The summed E-state index contributed by atoms with van der Waals surface area (Å²) in [5.41, 5.74) is 2.77. The van der Waals surface area contributed by atoms with Crippen LogP contribution in [-0.4, -0.2) is 32.6 Å². The summed E-state index contributed by atoms with van der Waals surface area (Å²) in [6.07, 6.45) is 1.57. The first kappa shape index (κ1) is 23.0. The van der Waals surface area contributed by atoms with Crippen LogP contribution in [0.4, 0.5) is 14.5 Å². The van der Waals surface area contributed by atoms with Gasteiger partial charge in [0, 0.05) is 11.1 Å². The third-order valence-corrected chi connectivity index (χ3v) is 5.44. The lowest BCUT2D eigenvalue weighted by atomic mass is 9.91. The van der Waals surface area contributed by atoms with Gasteiger partial charge in [0.05, 0.1) is 19.9 Å². The van der Waals surface area contributed by atoms with Crippen LogP contribution in [0.5, 0.6) is 17.2 Å². The number of carbonyl (C=O) groups excluding carboxylic acids is 2. The Labute approximate surface area is 195 Å². The fraction of sp³-hybridized carbons (Fsp3) is 0.154. The van der Waals surface area contributed by atoms with Gasteiger partial charge in [0.25, 0.3) is 11.8 Å². The minimum atomic E-state index is -3.08. The maximum atomic E-state index is 13.6. The summed E-state index contributed by atoms with van der Waals surface area (Å²) in [4.78, 5) is 28.0. The highest BCUT2D eigenvalue weighted by molar-refractivity contribution is 6.43. The number of halogens is 2. The van der Waals surface area contributed by atoms with Crippen LogP contribution in [-0.2, 0) is 4.79 Å². The van der Waals surface area contributed by atoms with Crippen LogP contribution in [0.3, 0.4) is 0 Å². The summed E-state index contributed by atoms with van der Waals surface area (Å²) in [6, 6.07) is 16.8. The number of benzene rings is 3. The normalized spacial score (nSPS) is 14.4. The molecule has 1 heterocycles. The fourth-order valence-corrected chi connectivity index (χ4v) is 3.88. The summed E-state index contributed by atoms with van der Waals surface area (Å²) in [6.45, 7) is -1.26. The second kappa shape index (κ2) is 9.35. The van der Waals surface area contributed by atoms with E-state index in [4.69, 9.17) is 9.47 Å². The van der Waals surface area contributed by atoms with Gasteiger partial charge in [0.15, 0.2) is 11.5 Å². The quantitative estimate of drug-likeness (QED) is 0.363. The van der Waals surface area contributed by atoms with Crippen molar-refractivity contribution in [2.45, 2.75) is 13.5 Å². The van der Waals surface area contributed by atoms with E-state index in [0.717, 1.165) is 10.5 Å². The summed E-state index contributed by atoms with van der Waals surface area (Å²) < 4.78 is 40.8. The SMILES string of the molecule is COc1cc(/C=C2\C(=O)N(c3ccccc3C)C(=O)c3ccccc32)cc(OC)c1OC(F)F. The molecule has 3 aromatic carbocycles. The number of methoxy groups -OCH3 is 2. The highest BCUT2D eigenvalue weighted by atomic mass is 19.3. The van der Waals surface area contributed by atoms with Crippen molar-refractivity contribution in [3.63, 3.8) is 0 Å². The van der Waals surface area contributed by atoms with Gasteiger partial charge >= 0.3 is 6.61 Å².